The third-order valence-electron chi connectivity index (χ3n) is 5.57. The summed E-state index contributed by atoms with van der Waals surface area (Å²) in [6, 6.07) is 8.22. The molecule has 0 aromatic heterocycles. The summed E-state index contributed by atoms with van der Waals surface area (Å²) >= 11 is 0. The van der Waals surface area contributed by atoms with E-state index < -0.39 is 0 Å². The third kappa shape index (κ3) is 10.5. The van der Waals surface area contributed by atoms with Crippen LogP contribution in [0.5, 0.6) is 0 Å². The monoisotopic (exact) mass is 559 g/mol. The molecule has 1 amide bonds. The van der Waals surface area contributed by atoms with E-state index in [1.807, 2.05) is 24.3 Å². The van der Waals surface area contributed by atoms with Gasteiger partial charge in [0.2, 0.25) is 0 Å². The molecule has 0 aliphatic carbocycles. The van der Waals surface area contributed by atoms with E-state index in [4.69, 9.17) is 9.73 Å². The smallest absolute Gasteiger partial charge is 0.253 e. The molecule has 1 aliphatic heterocycles. The zero-order chi connectivity index (χ0) is 22.5. The van der Waals surface area contributed by atoms with Gasteiger partial charge in [-0.2, -0.15) is 0 Å². The van der Waals surface area contributed by atoms with E-state index in [2.05, 4.69) is 48.5 Å². The van der Waals surface area contributed by atoms with Crippen LogP contribution in [0.15, 0.2) is 29.3 Å². The van der Waals surface area contributed by atoms with Crippen LogP contribution in [0.4, 0.5) is 5.69 Å². The Morgan fingerprint density at radius 2 is 2.06 bits per heavy atom. The second kappa shape index (κ2) is 16.3. The van der Waals surface area contributed by atoms with Crippen LogP contribution in [-0.4, -0.2) is 61.7 Å². The van der Waals surface area contributed by atoms with E-state index in [1.165, 1.54) is 6.42 Å². The molecular weight excluding hydrogens is 517 g/mol. The van der Waals surface area contributed by atoms with Crippen LogP contribution in [-0.2, 0) is 16.1 Å². The Labute approximate surface area is 211 Å². The number of benzene rings is 1. The Kier molecular flexibility index (Phi) is 14.6. The summed E-state index contributed by atoms with van der Waals surface area (Å²) in [6.07, 6.45) is 3.68. The molecule has 1 heterocycles. The number of halogens is 1. The summed E-state index contributed by atoms with van der Waals surface area (Å²) in [4.78, 5) is 19.5. The van der Waals surface area contributed by atoms with Crippen LogP contribution in [0, 0.1) is 0 Å². The van der Waals surface area contributed by atoms with Gasteiger partial charge in [-0.15, -0.1) is 24.0 Å². The molecule has 1 saturated heterocycles. The van der Waals surface area contributed by atoms with Crippen molar-refractivity contribution in [2.45, 2.75) is 72.1 Å². The summed E-state index contributed by atoms with van der Waals surface area (Å²) in [5, 5.41) is 9.81. The molecule has 0 saturated carbocycles. The van der Waals surface area contributed by atoms with E-state index in [-0.39, 0.29) is 36.0 Å². The van der Waals surface area contributed by atoms with Crippen molar-refractivity contribution in [2.75, 3.05) is 38.1 Å². The van der Waals surface area contributed by atoms with E-state index in [9.17, 15) is 4.79 Å². The summed E-state index contributed by atoms with van der Waals surface area (Å²) < 4.78 is 5.46. The van der Waals surface area contributed by atoms with Crippen LogP contribution < -0.4 is 16.0 Å². The highest BCUT2D eigenvalue weighted by atomic mass is 127. The standard InChI is InChI=1S/C24H41N5O2.HI/c1-5-25-24(27-19(4)11-9-15-29(6-2)7-3)26-18-20-12-8-13-21(17-20)28-23(30)22-14-10-16-31-22;/h8,12-13,17,19,22H,5-7,9-11,14-16,18H2,1-4H3,(H,28,30)(H2,25,26,27);1H. The van der Waals surface area contributed by atoms with Crippen LogP contribution >= 0.6 is 24.0 Å². The van der Waals surface area contributed by atoms with E-state index in [1.54, 1.807) is 0 Å². The number of nitrogens with one attached hydrogen (secondary N) is 3. The van der Waals surface area contributed by atoms with Gasteiger partial charge in [-0.05, 0) is 76.9 Å². The maximum absolute atomic E-state index is 12.3. The number of aliphatic imine (C=N–C) groups is 1. The lowest BCUT2D eigenvalue weighted by molar-refractivity contribution is -0.124. The number of carbonyl (C=O) groups is 1. The second-order valence-corrected chi connectivity index (χ2v) is 8.10. The third-order valence-corrected chi connectivity index (χ3v) is 5.57. The SMILES string of the molecule is CCNC(=NCc1cccc(NC(=O)C2CCCO2)c1)NC(C)CCCN(CC)CC.I. The first-order valence-corrected chi connectivity index (χ1v) is 11.8. The maximum atomic E-state index is 12.3. The van der Waals surface area contributed by atoms with Gasteiger partial charge in [0.1, 0.15) is 6.10 Å². The summed E-state index contributed by atoms with van der Waals surface area (Å²) in [7, 11) is 0. The zero-order valence-electron chi connectivity index (χ0n) is 20.2. The first-order valence-electron chi connectivity index (χ1n) is 11.8. The van der Waals surface area contributed by atoms with Crippen molar-refractivity contribution in [1.82, 2.24) is 15.5 Å². The average molecular weight is 560 g/mol. The number of hydrogen-bond acceptors (Lipinski definition) is 4. The van der Waals surface area contributed by atoms with E-state index in [0.29, 0.717) is 19.2 Å². The van der Waals surface area contributed by atoms with E-state index in [0.717, 1.165) is 62.7 Å². The molecule has 0 bridgehead atoms. The number of nitrogens with zero attached hydrogens (tertiary/aromatic N) is 2. The molecule has 1 aliphatic rings. The van der Waals surface area contributed by atoms with Crippen molar-refractivity contribution in [3.05, 3.63) is 29.8 Å². The van der Waals surface area contributed by atoms with Gasteiger partial charge in [-0.25, -0.2) is 4.99 Å². The molecule has 7 nitrogen and oxygen atoms in total. The second-order valence-electron chi connectivity index (χ2n) is 8.10. The van der Waals surface area contributed by atoms with Crippen molar-refractivity contribution in [1.29, 1.82) is 0 Å². The number of anilines is 1. The molecule has 1 aromatic carbocycles. The molecule has 182 valence electrons. The lowest BCUT2D eigenvalue weighted by Crippen LogP contribution is -2.42. The first kappa shape index (κ1) is 28.6. The summed E-state index contributed by atoms with van der Waals surface area (Å²) in [5.41, 5.74) is 1.84. The van der Waals surface area contributed by atoms with Crippen LogP contribution in [0.3, 0.4) is 0 Å². The van der Waals surface area contributed by atoms with Crippen molar-refractivity contribution >= 4 is 41.5 Å². The molecule has 8 heteroatoms. The lowest BCUT2D eigenvalue weighted by Gasteiger charge is -2.21. The molecule has 1 aromatic rings. The quantitative estimate of drug-likeness (QED) is 0.205. The Morgan fingerprint density at radius 3 is 2.72 bits per heavy atom. The van der Waals surface area contributed by atoms with Crippen molar-refractivity contribution in [3.8, 4) is 0 Å². The van der Waals surface area contributed by atoms with Gasteiger partial charge in [0.05, 0.1) is 6.54 Å². The molecule has 2 rings (SSSR count). The molecular formula is C24H42IN5O2. The molecule has 2 atom stereocenters. The van der Waals surface area contributed by atoms with Crippen LogP contribution in [0.25, 0.3) is 0 Å². The molecule has 1 fully saturated rings. The van der Waals surface area contributed by atoms with Crippen molar-refractivity contribution < 1.29 is 9.53 Å². The van der Waals surface area contributed by atoms with Gasteiger partial charge in [-0.3, -0.25) is 4.79 Å². The number of hydrogen-bond donors (Lipinski definition) is 3. The minimum Gasteiger partial charge on any atom is -0.368 e. The van der Waals surface area contributed by atoms with Gasteiger partial charge in [-0.1, -0.05) is 26.0 Å². The normalized spacial score (nSPS) is 17.0. The van der Waals surface area contributed by atoms with Crippen molar-refractivity contribution in [3.63, 3.8) is 0 Å². The maximum Gasteiger partial charge on any atom is 0.253 e. The number of guanidine groups is 1. The fourth-order valence-electron chi connectivity index (χ4n) is 3.71. The Balaban J connectivity index is 0.00000512. The van der Waals surface area contributed by atoms with Gasteiger partial charge in [0, 0.05) is 24.9 Å². The van der Waals surface area contributed by atoms with Gasteiger partial charge in [0.25, 0.3) is 5.91 Å². The highest BCUT2D eigenvalue weighted by molar-refractivity contribution is 14.0. The lowest BCUT2D eigenvalue weighted by atomic mass is 10.1. The number of rotatable bonds is 12. The van der Waals surface area contributed by atoms with Gasteiger partial charge >= 0.3 is 0 Å². The Bertz CT molecular complexity index is 691. The van der Waals surface area contributed by atoms with Crippen LogP contribution in [0.1, 0.15) is 58.9 Å². The predicted octanol–water partition coefficient (Wildman–Crippen LogP) is 3.99. The highest BCUT2D eigenvalue weighted by Gasteiger charge is 2.23. The van der Waals surface area contributed by atoms with Gasteiger partial charge < -0.3 is 25.6 Å². The van der Waals surface area contributed by atoms with Crippen LogP contribution in [0.2, 0.25) is 0 Å². The Morgan fingerprint density at radius 1 is 1.28 bits per heavy atom. The van der Waals surface area contributed by atoms with Crippen molar-refractivity contribution in [2.24, 2.45) is 4.99 Å². The topological polar surface area (TPSA) is 78.0 Å². The first-order chi connectivity index (χ1) is 15.0. The number of carbonyl (C=O) groups excluding carboxylic acids is 1. The fraction of sp³-hybridized carbons (Fsp3) is 0.667. The summed E-state index contributed by atoms with van der Waals surface area (Å²) in [6.45, 7) is 14.1. The highest BCUT2D eigenvalue weighted by Crippen LogP contribution is 2.16. The Hall–Kier alpha value is -1.39. The van der Waals surface area contributed by atoms with E-state index >= 15 is 0 Å². The zero-order valence-corrected chi connectivity index (χ0v) is 22.5. The van der Waals surface area contributed by atoms with Gasteiger partial charge in [0.15, 0.2) is 5.96 Å². The minimum atomic E-state index is -0.325. The summed E-state index contributed by atoms with van der Waals surface area (Å²) in [5.74, 6) is 0.762. The number of ether oxygens (including phenoxy) is 1. The molecule has 0 radical (unpaired) electrons. The molecule has 2 unspecified atom stereocenters. The minimum absolute atomic E-state index is 0. The largest absolute Gasteiger partial charge is 0.368 e. The number of amides is 1. The molecule has 32 heavy (non-hydrogen) atoms. The predicted molar refractivity (Wildman–Crippen MR) is 144 cm³/mol. The average Bonchev–Trinajstić information content (AvgIpc) is 3.31. The fourth-order valence-corrected chi connectivity index (χ4v) is 3.71. The molecule has 0 spiro atoms. The molecule has 3 N–H and O–H groups in total.